The van der Waals surface area contributed by atoms with Gasteiger partial charge >= 0.3 is 6.09 Å². The number of likely N-dealkylation sites (tertiary alicyclic amines) is 3. The molecule has 3 fully saturated rings. The zero-order valence-electron chi connectivity index (χ0n) is 17.4. The molecular formula is C21H39N3O2. The number of piperidine rings is 2. The van der Waals surface area contributed by atoms with Gasteiger partial charge in [0.25, 0.3) is 0 Å². The molecular weight excluding hydrogens is 326 g/mol. The first-order chi connectivity index (χ1) is 12.3. The number of carbonyl (C=O) groups is 1. The van der Waals surface area contributed by atoms with Crippen LogP contribution in [0.25, 0.3) is 0 Å². The van der Waals surface area contributed by atoms with E-state index in [9.17, 15) is 4.79 Å². The highest BCUT2D eigenvalue weighted by Gasteiger charge is 2.44. The Morgan fingerprint density at radius 1 is 1.08 bits per heavy atom. The largest absolute Gasteiger partial charge is 0.450 e. The van der Waals surface area contributed by atoms with Gasteiger partial charge in [-0.25, -0.2) is 4.79 Å². The number of nitrogens with zero attached hydrogens (tertiary/aromatic N) is 3. The average Bonchev–Trinajstić information content (AvgIpc) is 2.97. The molecule has 1 amide bonds. The lowest BCUT2D eigenvalue weighted by atomic mass is 9.78. The van der Waals surface area contributed by atoms with E-state index >= 15 is 0 Å². The fourth-order valence-electron chi connectivity index (χ4n) is 5.36. The third kappa shape index (κ3) is 4.92. The van der Waals surface area contributed by atoms with Crippen molar-refractivity contribution in [3.05, 3.63) is 0 Å². The minimum Gasteiger partial charge on any atom is -0.450 e. The highest BCUT2D eigenvalue weighted by atomic mass is 16.6. The van der Waals surface area contributed by atoms with Crippen LogP contribution in [0.15, 0.2) is 0 Å². The Balaban J connectivity index is 1.50. The first kappa shape index (κ1) is 19.9. The molecule has 0 aromatic rings. The average molecular weight is 366 g/mol. The van der Waals surface area contributed by atoms with Gasteiger partial charge in [-0.2, -0.15) is 0 Å². The van der Waals surface area contributed by atoms with Gasteiger partial charge in [-0.05, 0) is 62.9 Å². The van der Waals surface area contributed by atoms with Crippen molar-refractivity contribution in [3.63, 3.8) is 0 Å². The van der Waals surface area contributed by atoms with Crippen LogP contribution >= 0.6 is 0 Å². The Labute approximate surface area is 160 Å². The van der Waals surface area contributed by atoms with Gasteiger partial charge in [-0.15, -0.1) is 0 Å². The second-order valence-electron chi connectivity index (χ2n) is 10.0. The molecule has 0 radical (unpaired) electrons. The van der Waals surface area contributed by atoms with E-state index in [1.165, 1.54) is 52.0 Å². The first-order valence-corrected chi connectivity index (χ1v) is 10.7. The van der Waals surface area contributed by atoms with Gasteiger partial charge in [0.15, 0.2) is 0 Å². The standard InChI is InChI=1S/C21H39N3O2/c1-5-26-19(25)23-12-7-18(8-13-23)24-14-10-21(17-24)9-6-11-22(16-21)15-20(2,3)4/h18H,5-17H2,1-4H3. The van der Waals surface area contributed by atoms with Crippen LogP contribution < -0.4 is 0 Å². The maximum Gasteiger partial charge on any atom is 0.409 e. The van der Waals surface area contributed by atoms with Crippen LogP contribution in [-0.4, -0.2) is 79.3 Å². The third-order valence-corrected chi connectivity index (χ3v) is 6.41. The molecule has 3 heterocycles. The normalized spacial score (nSPS) is 29.5. The molecule has 3 aliphatic heterocycles. The van der Waals surface area contributed by atoms with E-state index in [-0.39, 0.29) is 6.09 Å². The maximum atomic E-state index is 11.9. The molecule has 0 aromatic heterocycles. The van der Waals surface area contributed by atoms with E-state index in [4.69, 9.17) is 4.74 Å². The zero-order valence-corrected chi connectivity index (χ0v) is 17.4. The van der Waals surface area contributed by atoms with E-state index in [0.717, 1.165) is 25.9 Å². The van der Waals surface area contributed by atoms with E-state index < -0.39 is 0 Å². The molecule has 26 heavy (non-hydrogen) atoms. The van der Waals surface area contributed by atoms with Crippen LogP contribution in [0.2, 0.25) is 0 Å². The molecule has 3 saturated heterocycles. The second-order valence-corrected chi connectivity index (χ2v) is 10.0. The lowest BCUT2D eigenvalue weighted by Gasteiger charge is -2.43. The lowest BCUT2D eigenvalue weighted by Crippen LogP contribution is -2.49. The molecule has 1 atom stereocenters. The Morgan fingerprint density at radius 2 is 1.81 bits per heavy atom. The highest BCUT2D eigenvalue weighted by molar-refractivity contribution is 5.67. The van der Waals surface area contributed by atoms with E-state index in [0.29, 0.717) is 23.5 Å². The lowest BCUT2D eigenvalue weighted by molar-refractivity contribution is 0.0530. The number of ether oxygens (including phenoxy) is 1. The van der Waals surface area contributed by atoms with Crippen molar-refractivity contribution < 1.29 is 9.53 Å². The molecule has 1 unspecified atom stereocenters. The van der Waals surface area contributed by atoms with Crippen molar-refractivity contribution in [3.8, 4) is 0 Å². The van der Waals surface area contributed by atoms with Gasteiger partial charge in [-0.3, -0.25) is 4.90 Å². The van der Waals surface area contributed by atoms with Crippen LogP contribution in [0, 0.1) is 10.8 Å². The fraction of sp³-hybridized carbons (Fsp3) is 0.952. The van der Waals surface area contributed by atoms with E-state index in [1.54, 1.807) is 0 Å². The number of carbonyl (C=O) groups excluding carboxylic acids is 1. The monoisotopic (exact) mass is 365 g/mol. The fourth-order valence-corrected chi connectivity index (χ4v) is 5.36. The molecule has 5 nitrogen and oxygen atoms in total. The summed E-state index contributed by atoms with van der Waals surface area (Å²) >= 11 is 0. The first-order valence-electron chi connectivity index (χ1n) is 10.7. The van der Waals surface area contributed by atoms with Gasteiger partial charge in [-0.1, -0.05) is 20.8 Å². The topological polar surface area (TPSA) is 36.0 Å². The van der Waals surface area contributed by atoms with Gasteiger partial charge in [0.05, 0.1) is 6.61 Å². The molecule has 5 heteroatoms. The smallest absolute Gasteiger partial charge is 0.409 e. The quantitative estimate of drug-likeness (QED) is 0.768. The van der Waals surface area contributed by atoms with E-state index in [2.05, 4.69) is 30.6 Å². The van der Waals surface area contributed by atoms with Crippen molar-refractivity contribution in [2.45, 2.75) is 65.8 Å². The second kappa shape index (κ2) is 8.05. The summed E-state index contributed by atoms with van der Waals surface area (Å²) in [6, 6.07) is 0.651. The van der Waals surface area contributed by atoms with Gasteiger partial charge in [0, 0.05) is 38.8 Å². The molecule has 1 spiro atoms. The minimum absolute atomic E-state index is 0.131. The Morgan fingerprint density at radius 3 is 2.46 bits per heavy atom. The van der Waals surface area contributed by atoms with Crippen LogP contribution in [-0.2, 0) is 4.74 Å². The summed E-state index contributed by atoms with van der Waals surface area (Å²) in [5, 5.41) is 0. The summed E-state index contributed by atoms with van der Waals surface area (Å²) in [5.41, 5.74) is 0.901. The zero-order chi connectivity index (χ0) is 18.8. The van der Waals surface area contributed by atoms with Crippen LogP contribution in [0.5, 0.6) is 0 Å². The molecule has 150 valence electrons. The molecule has 0 bridgehead atoms. The predicted octanol–water partition coefficient (Wildman–Crippen LogP) is 3.44. The minimum atomic E-state index is -0.131. The van der Waals surface area contributed by atoms with Gasteiger partial charge in [0.2, 0.25) is 0 Å². The van der Waals surface area contributed by atoms with E-state index in [1.807, 2.05) is 11.8 Å². The van der Waals surface area contributed by atoms with Gasteiger partial charge in [0.1, 0.15) is 0 Å². The van der Waals surface area contributed by atoms with Crippen molar-refractivity contribution in [1.29, 1.82) is 0 Å². The maximum absolute atomic E-state index is 11.9. The van der Waals surface area contributed by atoms with Crippen molar-refractivity contribution in [2.24, 2.45) is 10.8 Å². The van der Waals surface area contributed by atoms with Crippen molar-refractivity contribution >= 4 is 6.09 Å². The Hall–Kier alpha value is -0.810. The summed E-state index contributed by atoms with van der Waals surface area (Å²) in [6.45, 7) is 17.4. The third-order valence-electron chi connectivity index (χ3n) is 6.41. The van der Waals surface area contributed by atoms with Crippen molar-refractivity contribution in [1.82, 2.24) is 14.7 Å². The van der Waals surface area contributed by atoms with Crippen LogP contribution in [0.1, 0.15) is 59.8 Å². The summed E-state index contributed by atoms with van der Waals surface area (Å²) in [4.78, 5) is 19.2. The number of hydrogen-bond donors (Lipinski definition) is 0. The summed E-state index contributed by atoms with van der Waals surface area (Å²) in [6.07, 6.45) is 6.16. The van der Waals surface area contributed by atoms with Crippen LogP contribution in [0.4, 0.5) is 4.79 Å². The van der Waals surface area contributed by atoms with Crippen molar-refractivity contribution in [2.75, 3.05) is 52.4 Å². The summed E-state index contributed by atoms with van der Waals surface area (Å²) in [5.74, 6) is 0. The molecule has 3 rings (SSSR count). The molecule has 0 aromatic carbocycles. The predicted molar refractivity (Wildman–Crippen MR) is 105 cm³/mol. The highest BCUT2D eigenvalue weighted by Crippen LogP contribution is 2.41. The molecule has 0 aliphatic carbocycles. The molecule has 0 saturated carbocycles. The molecule has 3 aliphatic rings. The summed E-state index contributed by atoms with van der Waals surface area (Å²) in [7, 11) is 0. The number of amides is 1. The number of hydrogen-bond acceptors (Lipinski definition) is 4. The Bertz CT molecular complexity index is 482. The SMILES string of the molecule is CCOC(=O)N1CCC(N2CCC3(CCCN(CC(C)(C)C)C3)C2)CC1. The molecule has 0 N–H and O–H groups in total. The van der Waals surface area contributed by atoms with Crippen LogP contribution in [0.3, 0.4) is 0 Å². The summed E-state index contributed by atoms with van der Waals surface area (Å²) < 4.78 is 5.15. The van der Waals surface area contributed by atoms with Gasteiger partial charge < -0.3 is 14.5 Å². The Kier molecular flexibility index (Phi) is 6.18. The number of rotatable bonds is 3.